The maximum absolute atomic E-state index is 10.9. The van der Waals surface area contributed by atoms with Crippen molar-refractivity contribution in [1.82, 2.24) is 0 Å². The normalized spacial score (nSPS) is 10.4. The predicted octanol–water partition coefficient (Wildman–Crippen LogP) is 2.91. The Kier molecular flexibility index (Phi) is 3.22. The first kappa shape index (κ1) is 13.0. The molecule has 0 bridgehead atoms. The summed E-state index contributed by atoms with van der Waals surface area (Å²) in [6.45, 7) is 1.73. The summed E-state index contributed by atoms with van der Waals surface area (Å²) in [7, 11) is 0. The van der Waals surface area contributed by atoms with E-state index in [2.05, 4.69) is 0 Å². The molecular formula is C12H10N2O4S. The number of aromatic carboxylic acids is 1. The van der Waals surface area contributed by atoms with Crippen LogP contribution < -0.4 is 5.73 Å². The molecule has 2 aromatic rings. The predicted molar refractivity (Wildman–Crippen MR) is 72.5 cm³/mol. The number of hydrogen-bond donors (Lipinski definition) is 2. The molecule has 0 atom stereocenters. The molecule has 6 nitrogen and oxygen atoms in total. The molecule has 0 amide bonds. The number of thiophene rings is 1. The van der Waals surface area contributed by atoms with Crippen molar-refractivity contribution in [3.63, 3.8) is 0 Å². The van der Waals surface area contributed by atoms with E-state index in [0.29, 0.717) is 10.4 Å². The number of benzene rings is 1. The third-order valence-electron chi connectivity index (χ3n) is 2.64. The quantitative estimate of drug-likeness (QED) is 0.663. The molecule has 7 heteroatoms. The number of anilines is 1. The van der Waals surface area contributed by atoms with Crippen LogP contribution in [0.25, 0.3) is 10.4 Å². The summed E-state index contributed by atoms with van der Waals surface area (Å²) in [6.07, 6.45) is 0. The van der Waals surface area contributed by atoms with Crippen LogP contribution >= 0.6 is 11.3 Å². The largest absolute Gasteiger partial charge is 0.477 e. The van der Waals surface area contributed by atoms with Crippen molar-refractivity contribution in [3.8, 4) is 10.4 Å². The van der Waals surface area contributed by atoms with Gasteiger partial charge in [-0.25, -0.2) is 4.79 Å². The van der Waals surface area contributed by atoms with Crippen molar-refractivity contribution >= 4 is 28.7 Å². The number of carboxylic acid groups (broad SMARTS) is 1. The van der Waals surface area contributed by atoms with E-state index in [-0.39, 0.29) is 16.3 Å². The monoisotopic (exact) mass is 278 g/mol. The summed E-state index contributed by atoms with van der Waals surface area (Å²) >= 11 is 1.05. The van der Waals surface area contributed by atoms with E-state index < -0.39 is 10.9 Å². The molecule has 19 heavy (non-hydrogen) atoms. The highest BCUT2D eigenvalue weighted by Gasteiger charge is 2.16. The van der Waals surface area contributed by atoms with Gasteiger partial charge >= 0.3 is 5.97 Å². The summed E-state index contributed by atoms with van der Waals surface area (Å²) < 4.78 is 0. The lowest BCUT2D eigenvalue weighted by atomic mass is 10.1. The van der Waals surface area contributed by atoms with Gasteiger partial charge in [0.05, 0.1) is 10.6 Å². The van der Waals surface area contributed by atoms with Crippen molar-refractivity contribution in [1.29, 1.82) is 0 Å². The highest BCUT2D eigenvalue weighted by Crippen LogP contribution is 2.35. The van der Waals surface area contributed by atoms with Crippen LogP contribution in [0.3, 0.4) is 0 Å². The molecular weight excluding hydrogens is 268 g/mol. The van der Waals surface area contributed by atoms with Crippen LogP contribution in [0.4, 0.5) is 11.4 Å². The van der Waals surface area contributed by atoms with Gasteiger partial charge in [-0.2, -0.15) is 0 Å². The molecule has 0 aliphatic rings. The Hall–Kier alpha value is -2.41. The van der Waals surface area contributed by atoms with Crippen LogP contribution in [0.5, 0.6) is 0 Å². The number of nitro groups is 1. The Morgan fingerprint density at radius 1 is 1.42 bits per heavy atom. The Labute approximate surface area is 112 Å². The number of nitro benzene ring substituents is 1. The second kappa shape index (κ2) is 4.69. The molecule has 1 heterocycles. The zero-order valence-electron chi connectivity index (χ0n) is 9.91. The number of rotatable bonds is 3. The molecule has 0 fully saturated rings. The SMILES string of the molecule is Cc1cc([N+](=O)[O-])ccc1-c1cc(N)c(C(=O)O)s1. The van der Waals surface area contributed by atoms with E-state index in [1.807, 2.05) is 0 Å². The van der Waals surface area contributed by atoms with Crippen LogP contribution in [-0.4, -0.2) is 16.0 Å². The molecule has 0 saturated carbocycles. The van der Waals surface area contributed by atoms with E-state index in [0.717, 1.165) is 16.9 Å². The molecule has 0 spiro atoms. The van der Waals surface area contributed by atoms with Gasteiger partial charge in [0.2, 0.25) is 0 Å². The molecule has 0 unspecified atom stereocenters. The second-order valence-electron chi connectivity index (χ2n) is 3.96. The number of nitrogens with zero attached hydrogens (tertiary/aromatic N) is 1. The fourth-order valence-corrected chi connectivity index (χ4v) is 2.75. The minimum absolute atomic E-state index is 0.00392. The summed E-state index contributed by atoms with van der Waals surface area (Å²) in [5.74, 6) is -1.08. The van der Waals surface area contributed by atoms with Gasteiger partial charge < -0.3 is 10.8 Å². The maximum atomic E-state index is 10.9. The van der Waals surface area contributed by atoms with Gasteiger partial charge in [-0.1, -0.05) is 0 Å². The van der Waals surface area contributed by atoms with Gasteiger partial charge in [-0.15, -0.1) is 11.3 Å². The fraction of sp³-hybridized carbons (Fsp3) is 0.0833. The smallest absolute Gasteiger partial charge is 0.348 e. The van der Waals surface area contributed by atoms with E-state index >= 15 is 0 Å². The van der Waals surface area contributed by atoms with Crippen molar-refractivity contribution in [3.05, 3.63) is 44.8 Å². The molecule has 3 N–H and O–H groups in total. The summed E-state index contributed by atoms with van der Waals surface area (Å²) in [5, 5.41) is 19.6. The number of nitrogens with two attached hydrogens (primary N) is 1. The number of aryl methyl sites for hydroxylation is 1. The van der Waals surface area contributed by atoms with Crippen LogP contribution in [-0.2, 0) is 0 Å². The first-order valence-corrected chi connectivity index (χ1v) is 6.10. The lowest BCUT2D eigenvalue weighted by molar-refractivity contribution is -0.384. The standard InChI is InChI=1S/C12H10N2O4S/c1-6-4-7(14(17)18)2-3-8(6)10-5-9(13)11(19-10)12(15)16/h2-5H,13H2,1H3,(H,15,16). The number of carboxylic acids is 1. The third kappa shape index (κ3) is 2.41. The van der Waals surface area contributed by atoms with Gasteiger partial charge in [0.1, 0.15) is 4.88 Å². The van der Waals surface area contributed by atoms with Gasteiger partial charge in [0.15, 0.2) is 0 Å². The Bertz CT molecular complexity index is 678. The number of carbonyl (C=O) groups is 1. The highest BCUT2D eigenvalue weighted by molar-refractivity contribution is 7.18. The van der Waals surface area contributed by atoms with Gasteiger partial charge in [-0.3, -0.25) is 10.1 Å². The fourth-order valence-electron chi connectivity index (χ4n) is 1.74. The van der Waals surface area contributed by atoms with Crippen molar-refractivity contribution < 1.29 is 14.8 Å². The zero-order chi connectivity index (χ0) is 14.2. The highest BCUT2D eigenvalue weighted by atomic mass is 32.1. The maximum Gasteiger partial charge on any atom is 0.348 e. The second-order valence-corrected chi connectivity index (χ2v) is 5.01. The van der Waals surface area contributed by atoms with Crippen LogP contribution in [0, 0.1) is 17.0 Å². The number of hydrogen-bond acceptors (Lipinski definition) is 5. The summed E-state index contributed by atoms with van der Waals surface area (Å²) in [6, 6.07) is 6.01. The van der Waals surface area contributed by atoms with Crippen molar-refractivity contribution in [2.24, 2.45) is 0 Å². The first-order valence-electron chi connectivity index (χ1n) is 5.28. The molecule has 0 aliphatic heterocycles. The van der Waals surface area contributed by atoms with Crippen LogP contribution in [0.2, 0.25) is 0 Å². The molecule has 0 saturated heterocycles. The average Bonchev–Trinajstić information content (AvgIpc) is 2.71. The van der Waals surface area contributed by atoms with Crippen LogP contribution in [0.1, 0.15) is 15.2 Å². The van der Waals surface area contributed by atoms with Gasteiger partial charge in [0.25, 0.3) is 5.69 Å². The molecule has 0 aliphatic carbocycles. The Morgan fingerprint density at radius 2 is 2.11 bits per heavy atom. The van der Waals surface area contributed by atoms with Crippen molar-refractivity contribution in [2.75, 3.05) is 5.73 Å². The van der Waals surface area contributed by atoms with E-state index in [1.165, 1.54) is 12.1 Å². The average molecular weight is 278 g/mol. The minimum atomic E-state index is -1.08. The summed E-state index contributed by atoms with van der Waals surface area (Å²) in [5.41, 5.74) is 7.28. The molecule has 0 radical (unpaired) electrons. The number of nitrogen functional groups attached to an aromatic ring is 1. The van der Waals surface area contributed by atoms with E-state index in [1.54, 1.807) is 19.1 Å². The van der Waals surface area contributed by atoms with Crippen molar-refractivity contribution in [2.45, 2.75) is 6.92 Å². The number of non-ortho nitro benzene ring substituents is 1. The first-order chi connectivity index (χ1) is 8.90. The Morgan fingerprint density at radius 3 is 2.58 bits per heavy atom. The lowest BCUT2D eigenvalue weighted by Gasteiger charge is -2.02. The minimum Gasteiger partial charge on any atom is -0.477 e. The molecule has 98 valence electrons. The molecule has 1 aromatic carbocycles. The van der Waals surface area contributed by atoms with Crippen LogP contribution in [0.15, 0.2) is 24.3 Å². The topological polar surface area (TPSA) is 106 Å². The van der Waals surface area contributed by atoms with E-state index in [9.17, 15) is 14.9 Å². The third-order valence-corrected chi connectivity index (χ3v) is 3.81. The van der Waals surface area contributed by atoms with E-state index in [4.69, 9.17) is 10.8 Å². The lowest BCUT2D eigenvalue weighted by Crippen LogP contribution is -1.96. The van der Waals surface area contributed by atoms with Gasteiger partial charge in [0, 0.05) is 17.0 Å². The summed E-state index contributed by atoms with van der Waals surface area (Å²) in [4.78, 5) is 21.9. The molecule has 1 aromatic heterocycles. The molecule has 2 rings (SSSR count). The van der Waals surface area contributed by atoms with Gasteiger partial charge in [-0.05, 0) is 30.2 Å². The Balaban J connectivity index is 2.50. The zero-order valence-corrected chi connectivity index (χ0v) is 10.7.